The molecule has 60 valence electrons. The van der Waals surface area contributed by atoms with Gasteiger partial charge in [-0.3, -0.25) is 0 Å². The van der Waals surface area contributed by atoms with Crippen molar-refractivity contribution in [1.82, 2.24) is 4.98 Å². The van der Waals surface area contributed by atoms with Gasteiger partial charge < -0.3 is 4.90 Å². The Balaban J connectivity index is 2.15. The maximum Gasteiger partial charge on any atom is 0.111 e. The quantitative estimate of drug-likeness (QED) is 0.638. The number of hydrogen-bond acceptors (Lipinski definition) is 3. The minimum absolute atomic E-state index is 1.17. The second-order valence-electron chi connectivity index (χ2n) is 2.91. The molecule has 2 heterocycles. The summed E-state index contributed by atoms with van der Waals surface area (Å²) < 4.78 is 0. The molecule has 0 aromatic carbocycles. The minimum atomic E-state index is 1.17. The average molecular weight is 168 g/mol. The summed E-state index contributed by atoms with van der Waals surface area (Å²) in [5, 5.41) is 2.52. The molecule has 1 aromatic rings. The molecule has 0 atom stereocenters. The van der Waals surface area contributed by atoms with Crippen LogP contribution in [0.3, 0.4) is 0 Å². The lowest BCUT2D eigenvalue weighted by Gasteiger charge is -2.12. The van der Waals surface area contributed by atoms with Crippen LogP contribution in [0, 0.1) is 6.92 Å². The fourth-order valence-electron chi connectivity index (χ4n) is 1.43. The standard InChI is InChI=1S/C8H12N2S/c1-7-9-6-8(11-7)10-4-2-3-5-10/h6H,2-5H2,1H3. The third-order valence-electron chi connectivity index (χ3n) is 2.03. The van der Waals surface area contributed by atoms with E-state index in [2.05, 4.69) is 16.8 Å². The van der Waals surface area contributed by atoms with E-state index in [0.717, 1.165) is 0 Å². The summed E-state index contributed by atoms with van der Waals surface area (Å²) in [5.41, 5.74) is 0. The van der Waals surface area contributed by atoms with E-state index in [-0.39, 0.29) is 0 Å². The second-order valence-corrected chi connectivity index (χ2v) is 4.12. The van der Waals surface area contributed by atoms with Crippen LogP contribution in [0.5, 0.6) is 0 Å². The summed E-state index contributed by atoms with van der Waals surface area (Å²) in [6.07, 6.45) is 4.68. The van der Waals surface area contributed by atoms with Gasteiger partial charge in [0.1, 0.15) is 5.00 Å². The van der Waals surface area contributed by atoms with Crippen molar-refractivity contribution in [3.63, 3.8) is 0 Å². The summed E-state index contributed by atoms with van der Waals surface area (Å²) in [4.78, 5) is 6.66. The fourth-order valence-corrected chi connectivity index (χ4v) is 2.26. The molecule has 1 saturated heterocycles. The van der Waals surface area contributed by atoms with E-state index in [9.17, 15) is 0 Å². The van der Waals surface area contributed by atoms with E-state index in [1.165, 1.54) is 35.9 Å². The van der Waals surface area contributed by atoms with Gasteiger partial charge in [0.05, 0.1) is 11.2 Å². The van der Waals surface area contributed by atoms with Crippen LogP contribution in [-0.4, -0.2) is 18.1 Å². The number of rotatable bonds is 1. The molecule has 1 aliphatic heterocycles. The maximum absolute atomic E-state index is 4.24. The van der Waals surface area contributed by atoms with Crippen molar-refractivity contribution < 1.29 is 0 Å². The lowest BCUT2D eigenvalue weighted by Crippen LogP contribution is -2.15. The first kappa shape index (κ1) is 7.10. The van der Waals surface area contributed by atoms with E-state index in [1.807, 2.05) is 6.20 Å². The first-order valence-electron chi connectivity index (χ1n) is 4.03. The number of hydrogen-bond donors (Lipinski definition) is 0. The summed E-state index contributed by atoms with van der Waals surface area (Å²) in [6, 6.07) is 0. The molecule has 0 aliphatic carbocycles. The van der Waals surface area contributed by atoms with Crippen molar-refractivity contribution in [2.24, 2.45) is 0 Å². The minimum Gasteiger partial charge on any atom is -0.362 e. The van der Waals surface area contributed by atoms with E-state index in [0.29, 0.717) is 0 Å². The highest BCUT2D eigenvalue weighted by Gasteiger charge is 2.13. The van der Waals surface area contributed by atoms with Gasteiger partial charge in [0.2, 0.25) is 0 Å². The molecule has 0 radical (unpaired) electrons. The fraction of sp³-hybridized carbons (Fsp3) is 0.625. The molecule has 1 aromatic heterocycles. The summed E-state index contributed by atoms with van der Waals surface area (Å²) in [7, 11) is 0. The van der Waals surface area contributed by atoms with Gasteiger partial charge >= 0.3 is 0 Å². The zero-order chi connectivity index (χ0) is 7.68. The second kappa shape index (κ2) is 2.81. The third kappa shape index (κ3) is 1.38. The van der Waals surface area contributed by atoms with Crippen molar-refractivity contribution in [2.75, 3.05) is 18.0 Å². The topological polar surface area (TPSA) is 16.1 Å². The van der Waals surface area contributed by atoms with Crippen LogP contribution in [0.25, 0.3) is 0 Å². The maximum atomic E-state index is 4.24. The molecule has 2 rings (SSSR count). The molecule has 0 saturated carbocycles. The summed E-state index contributed by atoms with van der Waals surface area (Å²) in [5.74, 6) is 0. The van der Waals surface area contributed by atoms with Crippen LogP contribution >= 0.6 is 11.3 Å². The molecule has 3 heteroatoms. The molecule has 0 spiro atoms. The molecule has 0 bridgehead atoms. The Morgan fingerprint density at radius 2 is 2.18 bits per heavy atom. The van der Waals surface area contributed by atoms with Crippen LogP contribution in [0.15, 0.2) is 6.20 Å². The van der Waals surface area contributed by atoms with E-state index in [4.69, 9.17) is 0 Å². The molecule has 2 nitrogen and oxygen atoms in total. The zero-order valence-corrected chi connectivity index (χ0v) is 7.52. The van der Waals surface area contributed by atoms with Crippen LogP contribution in [0.1, 0.15) is 17.8 Å². The van der Waals surface area contributed by atoms with E-state index < -0.39 is 0 Å². The van der Waals surface area contributed by atoms with Crippen LogP contribution < -0.4 is 4.90 Å². The van der Waals surface area contributed by atoms with Crippen LogP contribution in [0.2, 0.25) is 0 Å². The molecular formula is C8H12N2S. The summed E-state index contributed by atoms with van der Waals surface area (Å²) >= 11 is 1.80. The Morgan fingerprint density at radius 3 is 2.73 bits per heavy atom. The normalized spacial score (nSPS) is 17.7. The molecule has 1 fully saturated rings. The van der Waals surface area contributed by atoms with Gasteiger partial charge in [-0.1, -0.05) is 0 Å². The Kier molecular flexibility index (Phi) is 1.82. The average Bonchev–Trinajstić information content (AvgIpc) is 2.55. The monoisotopic (exact) mass is 168 g/mol. The highest BCUT2D eigenvalue weighted by molar-refractivity contribution is 7.15. The van der Waals surface area contributed by atoms with Gasteiger partial charge in [-0.15, -0.1) is 11.3 Å². The van der Waals surface area contributed by atoms with E-state index >= 15 is 0 Å². The van der Waals surface area contributed by atoms with Crippen molar-refractivity contribution in [2.45, 2.75) is 19.8 Å². The van der Waals surface area contributed by atoms with Crippen molar-refractivity contribution in [3.8, 4) is 0 Å². The van der Waals surface area contributed by atoms with Crippen LogP contribution in [-0.2, 0) is 0 Å². The smallest absolute Gasteiger partial charge is 0.111 e. The Bertz CT molecular complexity index is 238. The van der Waals surface area contributed by atoms with Crippen LogP contribution in [0.4, 0.5) is 5.00 Å². The Hall–Kier alpha value is -0.570. The number of nitrogens with zero attached hydrogens (tertiary/aromatic N) is 2. The number of aryl methyl sites for hydroxylation is 1. The molecule has 0 N–H and O–H groups in total. The molecule has 0 amide bonds. The van der Waals surface area contributed by atoms with Gasteiger partial charge in [0, 0.05) is 13.1 Å². The van der Waals surface area contributed by atoms with Gasteiger partial charge in [-0.2, -0.15) is 0 Å². The first-order chi connectivity index (χ1) is 5.36. The lowest BCUT2D eigenvalue weighted by atomic mass is 10.4. The van der Waals surface area contributed by atoms with Crippen molar-refractivity contribution >= 4 is 16.3 Å². The molecular weight excluding hydrogens is 156 g/mol. The first-order valence-corrected chi connectivity index (χ1v) is 4.85. The SMILES string of the molecule is Cc1ncc(N2CCCC2)s1. The van der Waals surface area contributed by atoms with Gasteiger partial charge in [0.15, 0.2) is 0 Å². The van der Waals surface area contributed by atoms with Crippen molar-refractivity contribution in [1.29, 1.82) is 0 Å². The molecule has 1 aliphatic rings. The predicted molar refractivity (Wildman–Crippen MR) is 48.3 cm³/mol. The molecule has 11 heavy (non-hydrogen) atoms. The highest BCUT2D eigenvalue weighted by Crippen LogP contribution is 2.25. The largest absolute Gasteiger partial charge is 0.362 e. The van der Waals surface area contributed by atoms with E-state index in [1.54, 1.807) is 11.3 Å². The number of thiazole rings is 1. The Labute approximate surface area is 70.9 Å². The third-order valence-corrected chi connectivity index (χ3v) is 3.00. The highest BCUT2D eigenvalue weighted by atomic mass is 32.1. The van der Waals surface area contributed by atoms with Gasteiger partial charge in [-0.25, -0.2) is 4.98 Å². The lowest BCUT2D eigenvalue weighted by molar-refractivity contribution is 0.949. The van der Waals surface area contributed by atoms with Gasteiger partial charge in [-0.05, 0) is 19.8 Å². The van der Waals surface area contributed by atoms with Crippen molar-refractivity contribution in [3.05, 3.63) is 11.2 Å². The summed E-state index contributed by atoms with van der Waals surface area (Å²) in [6.45, 7) is 4.51. The predicted octanol–water partition coefficient (Wildman–Crippen LogP) is 2.05. The number of aromatic nitrogens is 1. The zero-order valence-electron chi connectivity index (χ0n) is 6.71. The van der Waals surface area contributed by atoms with Gasteiger partial charge in [0.25, 0.3) is 0 Å². The molecule has 0 unspecified atom stereocenters. The number of anilines is 1. The Morgan fingerprint density at radius 1 is 1.45 bits per heavy atom.